The summed E-state index contributed by atoms with van der Waals surface area (Å²) in [4.78, 5) is 0. The number of benzene rings is 2. The zero-order valence-electron chi connectivity index (χ0n) is 11.7. The van der Waals surface area contributed by atoms with Crippen molar-refractivity contribution in [2.24, 2.45) is 0 Å². The Morgan fingerprint density at radius 2 is 2.00 bits per heavy atom. The number of ether oxygens (including phenoxy) is 1. The van der Waals surface area contributed by atoms with E-state index >= 15 is 0 Å². The van der Waals surface area contributed by atoms with Crippen LogP contribution in [0.2, 0.25) is 0 Å². The Labute approximate surface area is 131 Å². The number of phenolic OH excluding ortho intramolecular Hbond substituents is 1. The molecule has 0 spiro atoms. The van der Waals surface area contributed by atoms with Crippen molar-refractivity contribution >= 4 is 15.9 Å². The smallest absolute Gasteiger partial charge is 0.136 e. The van der Waals surface area contributed by atoms with E-state index in [1.54, 1.807) is 19.2 Å². The van der Waals surface area contributed by atoms with Crippen molar-refractivity contribution < 1.29 is 14.2 Å². The van der Waals surface area contributed by atoms with Crippen LogP contribution in [0.25, 0.3) is 0 Å². The fourth-order valence-electron chi connectivity index (χ4n) is 2.13. The molecule has 0 saturated carbocycles. The lowest BCUT2D eigenvalue weighted by Crippen LogP contribution is -2.17. The highest BCUT2D eigenvalue weighted by atomic mass is 79.9. The Hall–Kier alpha value is -1.59. The number of phenols is 1. The second-order valence-electron chi connectivity index (χ2n) is 4.64. The van der Waals surface area contributed by atoms with Crippen LogP contribution in [0.15, 0.2) is 40.9 Å². The second-order valence-corrected chi connectivity index (χ2v) is 5.49. The molecule has 0 amide bonds. The van der Waals surface area contributed by atoms with E-state index in [1.165, 1.54) is 12.1 Å². The molecule has 2 aromatic carbocycles. The predicted molar refractivity (Wildman–Crippen MR) is 84.2 cm³/mol. The predicted octanol–water partition coefficient (Wildman–Crippen LogP) is 3.63. The molecule has 21 heavy (non-hydrogen) atoms. The van der Waals surface area contributed by atoms with E-state index in [-0.39, 0.29) is 11.6 Å². The first-order valence-corrected chi connectivity index (χ1v) is 7.40. The number of methoxy groups -OCH3 is 1. The van der Waals surface area contributed by atoms with Gasteiger partial charge in [0.1, 0.15) is 17.3 Å². The number of hydrogen-bond acceptors (Lipinski definition) is 3. The van der Waals surface area contributed by atoms with Gasteiger partial charge in [-0.1, -0.05) is 18.2 Å². The Morgan fingerprint density at radius 3 is 2.71 bits per heavy atom. The topological polar surface area (TPSA) is 41.5 Å². The molecule has 112 valence electrons. The number of rotatable bonds is 6. The fourth-order valence-corrected chi connectivity index (χ4v) is 2.77. The first-order valence-electron chi connectivity index (χ1n) is 6.61. The van der Waals surface area contributed by atoms with E-state index in [0.717, 1.165) is 11.1 Å². The minimum Gasteiger partial charge on any atom is -0.508 e. The average molecular weight is 354 g/mol. The molecule has 2 N–H and O–H groups in total. The quantitative estimate of drug-likeness (QED) is 0.779. The molecule has 0 heterocycles. The maximum absolute atomic E-state index is 13.4. The lowest BCUT2D eigenvalue weighted by atomic mass is 10.1. The van der Waals surface area contributed by atoms with E-state index in [1.807, 2.05) is 12.1 Å². The molecule has 5 heteroatoms. The fraction of sp³-hybridized carbons (Fsp3) is 0.250. The minimum absolute atomic E-state index is 0.274. The van der Waals surface area contributed by atoms with Crippen molar-refractivity contribution in [1.82, 2.24) is 5.32 Å². The molecule has 0 fully saturated rings. The van der Waals surface area contributed by atoms with E-state index < -0.39 is 0 Å². The third kappa shape index (κ3) is 4.19. The second kappa shape index (κ2) is 7.43. The summed E-state index contributed by atoms with van der Waals surface area (Å²) in [7, 11) is 1.57. The summed E-state index contributed by atoms with van der Waals surface area (Å²) in [5, 5.41) is 12.9. The molecule has 0 aromatic heterocycles. The number of para-hydroxylation sites is 1. The summed E-state index contributed by atoms with van der Waals surface area (Å²) in [6.45, 7) is 1.21. The van der Waals surface area contributed by atoms with Crippen LogP contribution in [0.3, 0.4) is 0 Å². The Kier molecular flexibility index (Phi) is 5.59. The third-order valence-electron chi connectivity index (χ3n) is 3.17. The summed E-state index contributed by atoms with van der Waals surface area (Å²) >= 11 is 3.29. The summed E-state index contributed by atoms with van der Waals surface area (Å²) in [6.07, 6.45) is 0.632. The standard InChI is InChI=1S/C16H17BrFNO2/c1-21-16-11(8-13(18)9-14(16)17)6-7-19-10-12-4-2-3-5-15(12)20/h2-5,8-9,19-20H,6-7,10H2,1H3. The van der Waals surface area contributed by atoms with Gasteiger partial charge in [-0.2, -0.15) is 0 Å². The van der Waals surface area contributed by atoms with Crippen molar-refractivity contribution in [3.8, 4) is 11.5 Å². The molecule has 0 aliphatic heterocycles. The highest BCUT2D eigenvalue weighted by Gasteiger charge is 2.10. The van der Waals surface area contributed by atoms with Crippen molar-refractivity contribution in [2.45, 2.75) is 13.0 Å². The van der Waals surface area contributed by atoms with Crippen molar-refractivity contribution in [1.29, 1.82) is 0 Å². The molecule has 0 radical (unpaired) electrons. The van der Waals surface area contributed by atoms with Crippen LogP contribution in [-0.2, 0) is 13.0 Å². The molecule has 0 atom stereocenters. The molecule has 3 nitrogen and oxygen atoms in total. The number of halogens is 2. The van der Waals surface area contributed by atoms with Crippen LogP contribution in [0.5, 0.6) is 11.5 Å². The zero-order chi connectivity index (χ0) is 15.2. The molecule has 0 aliphatic carbocycles. The van der Waals surface area contributed by atoms with Gasteiger partial charge in [0.2, 0.25) is 0 Å². The molecule has 0 aliphatic rings. The molecular weight excluding hydrogens is 337 g/mol. The van der Waals surface area contributed by atoms with Crippen LogP contribution in [-0.4, -0.2) is 18.8 Å². The minimum atomic E-state index is -0.293. The summed E-state index contributed by atoms with van der Waals surface area (Å²) in [6, 6.07) is 10.0. The van der Waals surface area contributed by atoms with Gasteiger partial charge in [-0.05, 0) is 52.7 Å². The van der Waals surface area contributed by atoms with Gasteiger partial charge in [-0.25, -0.2) is 4.39 Å². The highest BCUT2D eigenvalue weighted by molar-refractivity contribution is 9.10. The molecule has 0 unspecified atom stereocenters. The van der Waals surface area contributed by atoms with Crippen LogP contribution in [0.4, 0.5) is 4.39 Å². The van der Waals surface area contributed by atoms with Crippen LogP contribution >= 0.6 is 15.9 Å². The van der Waals surface area contributed by atoms with Crippen LogP contribution in [0.1, 0.15) is 11.1 Å². The van der Waals surface area contributed by atoms with Gasteiger partial charge in [0.15, 0.2) is 0 Å². The van der Waals surface area contributed by atoms with E-state index in [4.69, 9.17) is 4.74 Å². The Balaban J connectivity index is 1.93. The Bertz CT molecular complexity index is 619. The van der Waals surface area contributed by atoms with Gasteiger partial charge < -0.3 is 15.2 Å². The van der Waals surface area contributed by atoms with Gasteiger partial charge in [0.05, 0.1) is 11.6 Å². The normalized spacial score (nSPS) is 10.6. The largest absolute Gasteiger partial charge is 0.508 e. The average Bonchev–Trinajstić information content (AvgIpc) is 2.45. The van der Waals surface area contributed by atoms with Gasteiger partial charge in [0, 0.05) is 12.1 Å². The lowest BCUT2D eigenvalue weighted by Gasteiger charge is -2.12. The Morgan fingerprint density at radius 1 is 1.24 bits per heavy atom. The van der Waals surface area contributed by atoms with Gasteiger partial charge in [0.25, 0.3) is 0 Å². The van der Waals surface area contributed by atoms with Gasteiger partial charge >= 0.3 is 0 Å². The SMILES string of the molecule is COc1c(Br)cc(F)cc1CCNCc1ccccc1O. The molecule has 2 aromatic rings. The molecule has 2 rings (SSSR count). The van der Waals surface area contributed by atoms with E-state index in [9.17, 15) is 9.50 Å². The summed E-state index contributed by atoms with van der Waals surface area (Å²) in [5.74, 6) is 0.634. The first kappa shape index (κ1) is 15.8. The molecule has 0 saturated heterocycles. The maximum Gasteiger partial charge on any atom is 0.136 e. The van der Waals surface area contributed by atoms with Crippen molar-refractivity contribution in [3.05, 3.63) is 57.8 Å². The van der Waals surface area contributed by atoms with Crippen LogP contribution in [0, 0.1) is 5.82 Å². The monoisotopic (exact) mass is 353 g/mol. The van der Waals surface area contributed by atoms with E-state index in [2.05, 4.69) is 21.2 Å². The van der Waals surface area contributed by atoms with Crippen molar-refractivity contribution in [2.75, 3.05) is 13.7 Å². The van der Waals surface area contributed by atoms with Crippen LogP contribution < -0.4 is 10.1 Å². The van der Waals surface area contributed by atoms with Gasteiger partial charge in [-0.15, -0.1) is 0 Å². The zero-order valence-corrected chi connectivity index (χ0v) is 13.3. The van der Waals surface area contributed by atoms with Crippen molar-refractivity contribution in [3.63, 3.8) is 0 Å². The summed E-state index contributed by atoms with van der Waals surface area (Å²) in [5.41, 5.74) is 1.64. The third-order valence-corrected chi connectivity index (χ3v) is 3.76. The van der Waals surface area contributed by atoms with E-state index in [0.29, 0.717) is 29.7 Å². The van der Waals surface area contributed by atoms with Gasteiger partial charge in [-0.3, -0.25) is 0 Å². The molecule has 0 bridgehead atoms. The first-order chi connectivity index (χ1) is 10.1. The number of nitrogens with one attached hydrogen (secondary N) is 1. The maximum atomic E-state index is 13.4. The highest BCUT2D eigenvalue weighted by Crippen LogP contribution is 2.30. The number of aromatic hydroxyl groups is 1. The summed E-state index contributed by atoms with van der Waals surface area (Å²) < 4.78 is 19.3. The number of hydrogen-bond donors (Lipinski definition) is 2. The lowest BCUT2D eigenvalue weighted by molar-refractivity contribution is 0.404. The molecular formula is C16H17BrFNO2.